The lowest BCUT2D eigenvalue weighted by molar-refractivity contribution is 0.341. The molecule has 0 aromatic carbocycles. The smallest absolute Gasteiger partial charge is 0.164 e. The van der Waals surface area contributed by atoms with E-state index < -0.39 is 9.84 Å². The van der Waals surface area contributed by atoms with Gasteiger partial charge in [0, 0.05) is 74.1 Å². The van der Waals surface area contributed by atoms with E-state index in [0.29, 0.717) is 17.5 Å². The first-order valence-corrected chi connectivity index (χ1v) is 13.7. The molecule has 5 heterocycles. The summed E-state index contributed by atoms with van der Waals surface area (Å²) in [5, 5.41) is 8.54. The maximum absolute atomic E-state index is 11.8. The van der Waals surface area contributed by atoms with E-state index in [1.165, 1.54) is 6.26 Å². The van der Waals surface area contributed by atoms with Crippen LogP contribution in [0.3, 0.4) is 0 Å². The van der Waals surface area contributed by atoms with E-state index in [4.69, 9.17) is 0 Å². The molecule has 0 unspecified atom stereocenters. The second-order valence-electron chi connectivity index (χ2n) is 9.64. The maximum Gasteiger partial charge on any atom is 0.164 e. The summed E-state index contributed by atoms with van der Waals surface area (Å²) in [6.07, 6.45) is 10.7. The lowest BCUT2D eigenvalue weighted by atomic mass is 9.91. The van der Waals surface area contributed by atoms with Gasteiger partial charge in [0.1, 0.15) is 21.5 Å². The van der Waals surface area contributed by atoms with E-state index in [-0.39, 0.29) is 23.8 Å². The number of hydrogen-bond acceptors (Lipinski definition) is 8. The number of anilines is 3. The summed E-state index contributed by atoms with van der Waals surface area (Å²) < 4.78 is 27.5. The van der Waals surface area contributed by atoms with Gasteiger partial charge in [-0.2, -0.15) is 5.10 Å². The highest BCUT2D eigenvalue weighted by Crippen LogP contribution is 2.39. The van der Waals surface area contributed by atoms with E-state index in [2.05, 4.69) is 61.8 Å². The molecule has 10 nitrogen and oxygen atoms in total. The summed E-state index contributed by atoms with van der Waals surface area (Å²) in [6, 6.07) is 4.24. The molecule has 0 bridgehead atoms. The van der Waals surface area contributed by atoms with Crippen molar-refractivity contribution in [2.24, 2.45) is 13.0 Å². The van der Waals surface area contributed by atoms with Gasteiger partial charge in [0.25, 0.3) is 0 Å². The number of nitrogens with zero attached hydrogens (tertiary/aromatic N) is 7. The summed E-state index contributed by atoms with van der Waals surface area (Å²) in [4.78, 5) is 15.9. The van der Waals surface area contributed by atoms with Gasteiger partial charge in [0.05, 0.1) is 28.7 Å². The van der Waals surface area contributed by atoms with Gasteiger partial charge in [0.2, 0.25) is 0 Å². The largest absolute Gasteiger partial charge is 0.366 e. The van der Waals surface area contributed by atoms with Gasteiger partial charge >= 0.3 is 0 Å². The van der Waals surface area contributed by atoms with Gasteiger partial charge in [-0.3, -0.25) is 4.68 Å². The predicted molar refractivity (Wildman–Crippen MR) is 138 cm³/mol. The fourth-order valence-corrected chi connectivity index (χ4v) is 5.83. The minimum Gasteiger partial charge on any atom is -0.366 e. The van der Waals surface area contributed by atoms with Crippen molar-refractivity contribution in [3.63, 3.8) is 0 Å². The minimum absolute atomic E-state index is 0.142. The molecule has 0 saturated carbocycles. The number of aryl methyl sites for hydroxylation is 1. The van der Waals surface area contributed by atoms with Crippen molar-refractivity contribution < 1.29 is 8.42 Å². The summed E-state index contributed by atoms with van der Waals surface area (Å²) >= 11 is 0. The number of nitrogens with one attached hydrogen (secondary N) is 1. The maximum atomic E-state index is 11.8. The number of aromatic nitrogens is 6. The molecule has 1 saturated heterocycles. The Labute approximate surface area is 204 Å². The number of hydrogen-bond donors (Lipinski definition) is 1. The zero-order chi connectivity index (χ0) is 24.9. The molecule has 0 spiro atoms. The van der Waals surface area contributed by atoms with Crippen molar-refractivity contribution in [2.75, 3.05) is 28.8 Å². The molecule has 35 heavy (non-hydrogen) atoms. The fourth-order valence-electron chi connectivity index (χ4n) is 4.67. The number of sulfone groups is 1. The Bertz CT molecular complexity index is 1490. The first-order chi connectivity index (χ1) is 16.6. The summed E-state index contributed by atoms with van der Waals surface area (Å²) in [5.74, 6) is 2.29. The molecule has 184 valence electrons. The van der Waals surface area contributed by atoms with Gasteiger partial charge in [-0.25, -0.2) is 23.4 Å². The predicted octanol–water partition coefficient (Wildman–Crippen LogP) is 3.42. The van der Waals surface area contributed by atoms with Gasteiger partial charge in [-0.15, -0.1) is 0 Å². The van der Waals surface area contributed by atoms with Gasteiger partial charge in [0.15, 0.2) is 5.82 Å². The van der Waals surface area contributed by atoms with Gasteiger partial charge in [-0.05, 0) is 26.8 Å². The first-order valence-electron chi connectivity index (χ1n) is 11.6. The topological polar surface area (TPSA) is 111 Å². The number of pyridine rings is 1. The number of fused-ring (bicyclic) bond motifs is 1. The Morgan fingerprint density at radius 3 is 2.63 bits per heavy atom. The second kappa shape index (κ2) is 8.63. The third-order valence-electron chi connectivity index (χ3n) is 6.56. The fraction of sp³-hybridized carbons (Fsp3) is 0.417. The highest BCUT2D eigenvalue weighted by molar-refractivity contribution is 7.90. The van der Waals surface area contributed by atoms with Gasteiger partial charge < -0.3 is 14.8 Å². The zero-order valence-electron chi connectivity index (χ0n) is 20.5. The lowest BCUT2D eigenvalue weighted by Crippen LogP contribution is -2.57. The van der Waals surface area contributed by atoms with Crippen LogP contribution < -0.4 is 10.2 Å². The average molecular weight is 495 g/mol. The molecule has 1 aliphatic heterocycles. The second-order valence-corrected chi connectivity index (χ2v) is 11.8. The first kappa shape index (κ1) is 23.3. The zero-order valence-corrected chi connectivity index (χ0v) is 21.4. The third kappa shape index (κ3) is 4.60. The van der Waals surface area contributed by atoms with Crippen LogP contribution in [0.25, 0.3) is 22.3 Å². The van der Waals surface area contributed by atoms with Crippen LogP contribution in [0.2, 0.25) is 0 Å². The standard InChI is InChI=1S/C24H30N8O2S/c1-15(2)31-13-21(32-12-18(16(32)3)14-35(5,33)34)19-10-26-23(8-20(19)31)28-22-6-7-25-24(29-22)17-9-27-30(4)11-17/h6-11,13,15-16,18H,12,14H2,1-5H3,(H,25,26,28,29)/t16-,18-/m1/s1. The van der Waals surface area contributed by atoms with Crippen molar-refractivity contribution in [3.8, 4) is 11.4 Å². The van der Waals surface area contributed by atoms with Crippen LogP contribution >= 0.6 is 0 Å². The van der Waals surface area contributed by atoms with Crippen LogP contribution in [0.5, 0.6) is 0 Å². The molecular weight excluding hydrogens is 464 g/mol. The van der Waals surface area contributed by atoms with Crippen LogP contribution in [0.15, 0.2) is 43.1 Å². The van der Waals surface area contributed by atoms with Crippen molar-refractivity contribution in [1.29, 1.82) is 0 Å². The lowest BCUT2D eigenvalue weighted by Gasteiger charge is -2.47. The molecule has 11 heteroatoms. The summed E-state index contributed by atoms with van der Waals surface area (Å²) in [6.45, 7) is 7.11. The number of rotatable bonds is 7. The Hall–Kier alpha value is -3.47. The molecular formula is C24H30N8O2S. The van der Waals surface area contributed by atoms with E-state index >= 15 is 0 Å². The highest BCUT2D eigenvalue weighted by Gasteiger charge is 2.38. The highest BCUT2D eigenvalue weighted by atomic mass is 32.2. The minimum atomic E-state index is -3.00. The third-order valence-corrected chi connectivity index (χ3v) is 7.59. The molecule has 0 amide bonds. The van der Waals surface area contributed by atoms with E-state index in [1.54, 1.807) is 17.1 Å². The van der Waals surface area contributed by atoms with Crippen molar-refractivity contribution in [1.82, 2.24) is 29.3 Å². The summed E-state index contributed by atoms with van der Waals surface area (Å²) in [7, 11) is -1.14. The molecule has 2 atom stereocenters. The summed E-state index contributed by atoms with van der Waals surface area (Å²) in [5.41, 5.74) is 2.99. The monoisotopic (exact) mass is 494 g/mol. The molecule has 0 aliphatic carbocycles. The van der Waals surface area contributed by atoms with Crippen molar-refractivity contribution >= 4 is 38.1 Å². The Morgan fingerprint density at radius 1 is 1.17 bits per heavy atom. The van der Waals surface area contributed by atoms with Gasteiger partial charge in [-0.1, -0.05) is 0 Å². The van der Waals surface area contributed by atoms with Crippen LogP contribution in [-0.4, -0.2) is 62.3 Å². The molecule has 0 radical (unpaired) electrons. The van der Waals surface area contributed by atoms with E-state index in [0.717, 1.165) is 28.7 Å². The van der Waals surface area contributed by atoms with Crippen LogP contribution in [0, 0.1) is 5.92 Å². The average Bonchev–Trinajstić information content (AvgIpc) is 3.39. The molecule has 1 fully saturated rings. The molecule has 1 N–H and O–H groups in total. The quantitative estimate of drug-likeness (QED) is 0.416. The molecule has 1 aliphatic rings. The van der Waals surface area contributed by atoms with Crippen molar-refractivity contribution in [2.45, 2.75) is 32.9 Å². The Kier molecular flexibility index (Phi) is 5.74. The molecule has 5 rings (SSSR count). The van der Waals surface area contributed by atoms with Crippen LogP contribution in [0.1, 0.15) is 26.8 Å². The normalized spacial score (nSPS) is 18.3. The van der Waals surface area contributed by atoms with E-state index in [1.807, 2.05) is 31.6 Å². The molecule has 4 aromatic rings. The van der Waals surface area contributed by atoms with Crippen LogP contribution in [-0.2, 0) is 16.9 Å². The van der Waals surface area contributed by atoms with E-state index in [9.17, 15) is 8.42 Å². The Morgan fingerprint density at radius 2 is 1.97 bits per heavy atom. The Balaban J connectivity index is 1.43. The van der Waals surface area contributed by atoms with Crippen molar-refractivity contribution in [3.05, 3.63) is 43.1 Å². The van der Waals surface area contributed by atoms with Crippen LogP contribution in [0.4, 0.5) is 17.3 Å². The molecule has 4 aromatic heterocycles. The SMILES string of the molecule is CC(C)n1cc(N2C[C@H](CS(C)(=O)=O)[C@H]2C)c2cnc(Nc3ccnc(-c4cnn(C)c4)n3)cc21.